The van der Waals surface area contributed by atoms with Crippen molar-refractivity contribution in [2.45, 2.75) is 13.0 Å². The lowest BCUT2D eigenvalue weighted by atomic mass is 10.1. The SMILES string of the molecule is O=C(/C=C/c1ccc(O)cc1)OCc1cccc(CCO[N+](=O)[O-])c1. The van der Waals surface area contributed by atoms with Crippen molar-refractivity contribution < 1.29 is 24.6 Å². The van der Waals surface area contributed by atoms with Crippen molar-refractivity contribution in [1.82, 2.24) is 0 Å². The number of phenols is 1. The van der Waals surface area contributed by atoms with Crippen LogP contribution in [0.2, 0.25) is 0 Å². The number of rotatable bonds is 8. The molecule has 2 aromatic carbocycles. The highest BCUT2D eigenvalue weighted by Crippen LogP contribution is 2.11. The van der Waals surface area contributed by atoms with Crippen LogP contribution in [0.5, 0.6) is 5.75 Å². The van der Waals surface area contributed by atoms with Gasteiger partial charge in [0.15, 0.2) is 0 Å². The molecule has 0 spiro atoms. The van der Waals surface area contributed by atoms with Gasteiger partial charge >= 0.3 is 5.97 Å². The summed E-state index contributed by atoms with van der Waals surface area (Å²) in [4.78, 5) is 26.1. The first-order chi connectivity index (χ1) is 12.0. The number of esters is 1. The second kappa shape index (κ2) is 9.07. The molecule has 0 fully saturated rings. The predicted octanol–water partition coefficient (Wildman–Crippen LogP) is 2.90. The van der Waals surface area contributed by atoms with E-state index in [-0.39, 0.29) is 19.0 Å². The summed E-state index contributed by atoms with van der Waals surface area (Å²) in [6.45, 7) is 0.0777. The maximum Gasteiger partial charge on any atom is 0.331 e. The van der Waals surface area contributed by atoms with Gasteiger partial charge in [-0.2, -0.15) is 0 Å². The second-order valence-corrected chi connectivity index (χ2v) is 5.16. The van der Waals surface area contributed by atoms with Gasteiger partial charge in [-0.3, -0.25) is 0 Å². The largest absolute Gasteiger partial charge is 0.508 e. The number of carbonyl (C=O) groups is 1. The zero-order valence-corrected chi connectivity index (χ0v) is 13.3. The maximum atomic E-state index is 11.7. The quantitative estimate of drug-likeness (QED) is 0.342. The molecular weight excluding hydrogens is 326 g/mol. The lowest BCUT2D eigenvalue weighted by Crippen LogP contribution is -2.05. The Morgan fingerprint density at radius 2 is 1.88 bits per heavy atom. The highest BCUT2D eigenvalue weighted by atomic mass is 16.9. The molecule has 0 saturated carbocycles. The van der Waals surface area contributed by atoms with Gasteiger partial charge in [-0.1, -0.05) is 36.4 Å². The van der Waals surface area contributed by atoms with Gasteiger partial charge in [-0.25, -0.2) is 4.79 Å². The van der Waals surface area contributed by atoms with Crippen molar-refractivity contribution in [3.8, 4) is 5.75 Å². The second-order valence-electron chi connectivity index (χ2n) is 5.16. The molecule has 0 aromatic heterocycles. The third kappa shape index (κ3) is 6.74. The zero-order valence-electron chi connectivity index (χ0n) is 13.3. The number of aromatic hydroxyl groups is 1. The van der Waals surface area contributed by atoms with E-state index in [2.05, 4.69) is 4.84 Å². The number of phenolic OH excluding ortho intramolecular Hbond substituents is 1. The molecule has 0 bridgehead atoms. The molecule has 1 N–H and O–H groups in total. The summed E-state index contributed by atoms with van der Waals surface area (Å²) in [6.07, 6.45) is 3.29. The van der Waals surface area contributed by atoms with Crippen LogP contribution in [0.25, 0.3) is 6.08 Å². The monoisotopic (exact) mass is 343 g/mol. The van der Waals surface area contributed by atoms with Crippen LogP contribution in [-0.2, 0) is 27.4 Å². The summed E-state index contributed by atoms with van der Waals surface area (Å²) in [6, 6.07) is 13.6. The molecule has 0 heterocycles. The van der Waals surface area contributed by atoms with E-state index in [1.807, 2.05) is 6.07 Å². The fourth-order valence-electron chi connectivity index (χ4n) is 2.07. The summed E-state index contributed by atoms with van der Waals surface area (Å²) >= 11 is 0. The third-order valence-electron chi connectivity index (χ3n) is 3.26. The molecule has 0 aliphatic rings. The van der Waals surface area contributed by atoms with Crippen LogP contribution in [0.15, 0.2) is 54.6 Å². The molecule has 0 aliphatic heterocycles. The van der Waals surface area contributed by atoms with E-state index < -0.39 is 11.1 Å². The molecule has 7 nitrogen and oxygen atoms in total. The lowest BCUT2D eigenvalue weighted by Gasteiger charge is -2.05. The Labute approximate surface area is 144 Å². The molecule has 0 radical (unpaired) electrons. The van der Waals surface area contributed by atoms with Crippen molar-refractivity contribution >= 4 is 12.0 Å². The predicted molar refractivity (Wildman–Crippen MR) is 90.0 cm³/mol. The molecule has 7 heteroatoms. The summed E-state index contributed by atoms with van der Waals surface area (Å²) in [7, 11) is 0. The molecule has 0 amide bonds. The number of nitrogens with zero attached hydrogens (tertiary/aromatic N) is 1. The van der Waals surface area contributed by atoms with Gasteiger partial charge in [0.25, 0.3) is 5.09 Å². The molecule has 2 rings (SSSR count). The first-order valence-electron chi connectivity index (χ1n) is 7.52. The van der Waals surface area contributed by atoms with Gasteiger partial charge in [-0.15, -0.1) is 10.1 Å². The standard InChI is InChI=1S/C18H17NO6/c20-17-7-4-14(5-8-17)6-9-18(21)24-13-16-3-1-2-15(12-16)10-11-25-19(22)23/h1-9,12,20H,10-11,13H2/b9-6+. The van der Waals surface area contributed by atoms with Crippen LogP contribution < -0.4 is 0 Å². The van der Waals surface area contributed by atoms with Gasteiger partial charge in [-0.05, 0) is 41.3 Å². The first-order valence-corrected chi connectivity index (χ1v) is 7.52. The number of hydrogen-bond acceptors (Lipinski definition) is 6. The van der Waals surface area contributed by atoms with Crippen molar-refractivity contribution in [2.24, 2.45) is 0 Å². The van der Waals surface area contributed by atoms with Crippen LogP contribution in [0.1, 0.15) is 16.7 Å². The molecule has 0 saturated heterocycles. The van der Waals surface area contributed by atoms with Gasteiger partial charge < -0.3 is 14.7 Å². The Balaban J connectivity index is 1.82. The first kappa shape index (κ1) is 18.0. The fourth-order valence-corrected chi connectivity index (χ4v) is 2.07. The fraction of sp³-hybridized carbons (Fsp3) is 0.167. The zero-order chi connectivity index (χ0) is 18.1. The van der Waals surface area contributed by atoms with Crippen LogP contribution in [-0.4, -0.2) is 22.8 Å². The highest BCUT2D eigenvalue weighted by molar-refractivity contribution is 5.87. The van der Waals surface area contributed by atoms with Crippen molar-refractivity contribution in [3.63, 3.8) is 0 Å². The number of benzene rings is 2. The summed E-state index contributed by atoms with van der Waals surface area (Å²) < 4.78 is 5.16. The Kier molecular flexibility index (Phi) is 6.53. The third-order valence-corrected chi connectivity index (χ3v) is 3.26. The molecule has 25 heavy (non-hydrogen) atoms. The van der Waals surface area contributed by atoms with E-state index in [0.717, 1.165) is 16.7 Å². The minimum absolute atomic E-state index is 0.0222. The van der Waals surface area contributed by atoms with Crippen molar-refractivity contribution in [1.29, 1.82) is 0 Å². The van der Waals surface area contributed by atoms with E-state index in [1.165, 1.54) is 18.2 Å². The summed E-state index contributed by atoms with van der Waals surface area (Å²) in [5.74, 6) is -0.335. The molecule has 0 atom stereocenters. The molecule has 0 aliphatic carbocycles. The van der Waals surface area contributed by atoms with Crippen LogP contribution in [0.3, 0.4) is 0 Å². The van der Waals surface area contributed by atoms with E-state index in [1.54, 1.807) is 36.4 Å². The highest BCUT2D eigenvalue weighted by Gasteiger charge is 2.02. The topological polar surface area (TPSA) is 98.9 Å². The minimum Gasteiger partial charge on any atom is -0.508 e. The van der Waals surface area contributed by atoms with Crippen LogP contribution >= 0.6 is 0 Å². The van der Waals surface area contributed by atoms with E-state index in [0.29, 0.717) is 6.42 Å². The van der Waals surface area contributed by atoms with Crippen LogP contribution in [0, 0.1) is 10.1 Å². The Morgan fingerprint density at radius 1 is 1.16 bits per heavy atom. The normalized spacial score (nSPS) is 10.6. The molecule has 0 unspecified atom stereocenters. The maximum absolute atomic E-state index is 11.7. The number of hydrogen-bond donors (Lipinski definition) is 1. The smallest absolute Gasteiger partial charge is 0.331 e. The van der Waals surface area contributed by atoms with Crippen molar-refractivity contribution in [2.75, 3.05) is 6.61 Å². The average molecular weight is 343 g/mol. The Morgan fingerprint density at radius 3 is 2.60 bits per heavy atom. The molecule has 2 aromatic rings. The van der Waals surface area contributed by atoms with Gasteiger partial charge in [0.05, 0.1) is 0 Å². The van der Waals surface area contributed by atoms with Gasteiger partial charge in [0.2, 0.25) is 0 Å². The summed E-state index contributed by atoms with van der Waals surface area (Å²) in [5, 5.41) is 18.5. The van der Waals surface area contributed by atoms with E-state index in [9.17, 15) is 20.0 Å². The minimum atomic E-state index is -0.827. The number of ether oxygens (including phenoxy) is 1. The summed E-state index contributed by atoms with van der Waals surface area (Å²) in [5.41, 5.74) is 2.41. The molecule has 130 valence electrons. The molecular formula is C18H17NO6. The average Bonchev–Trinajstić information content (AvgIpc) is 2.59. The van der Waals surface area contributed by atoms with Crippen molar-refractivity contribution in [3.05, 3.63) is 81.4 Å². The van der Waals surface area contributed by atoms with Gasteiger partial charge in [0.1, 0.15) is 19.0 Å². The van der Waals surface area contributed by atoms with E-state index in [4.69, 9.17) is 4.74 Å². The lowest BCUT2D eigenvalue weighted by molar-refractivity contribution is -0.757. The number of carbonyl (C=O) groups excluding carboxylic acids is 1. The van der Waals surface area contributed by atoms with Crippen LogP contribution in [0.4, 0.5) is 0 Å². The van der Waals surface area contributed by atoms with E-state index >= 15 is 0 Å². The van der Waals surface area contributed by atoms with Gasteiger partial charge in [0, 0.05) is 6.08 Å². The Bertz CT molecular complexity index is 754. The Hall–Kier alpha value is -3.35.